The lowest BCUT2D eigenvalue weighted by atomic mass is 10.1. The third-order valence-corrected chi connectivity index (χ3v) is 3.21. The van der Waals surface area contributed by atoms with E-state index in [1.165, 1.54) is 0 Å². The SMILES string of the molecule is CSCCOc1ccc2c(O)cc(=O)oc2c1C. The fraction of sp³-hybridized carbons (Fsp3) is 0.308. The van der Waals surface area contributed by atoms with Crippen LogP contribution in [0.1, 0.15) is 5.56 Å². The second-order valence-electron chi connectivity index (χ2n) is 3.86. The van der Waals surface area contributed by atoms with E-state index in [1.807, 2.05) is 6.26 Å². The molecule has 0 bridgehead atoms. The molecule has 2 aromatic rings. The molecular formula is C13H14O4S. The van der Waals surface area contributed by atoms with Crippen molar-refractivity contribution in [2.75, 3.05) is 18.6 Å². The third-order valence-electron chi connectivity index (χ3n) is 2.63. The zero-order chi connectivity index (χ0) is 13.1. The summed E-state index contributed by atoms with van der Waals surface area (Å²) in [5.41, 5.74) is 0.535. The van der Waals surface area contributed by atoms with Gasteiger partial charge in [-0.25, -0.2) is 4.79 Å². The number of benzene rings is 1. The van der Waals surface area contributed by atoms with Crippen LogP contribution in [0.3, 0.4) is 0 Å². The summed E-state index contributed by atoms with van der Waals surface area (Å²) in [4.78, 5) is 11.3. The molecule has 0 amide bonds. The summed E-state index contributed by atoms with van der Waals surface area (Å²) in [6, 6.07) is 4.53. The number of rotatable bonds is 4. The topological polar surface area (TPSA) is 59.7 Å². The van der Waals surface area contributed by atoms with Crippen molar-refractivity contribution in [2.45, 2.75) is 6.92 Å². The number of ether oxygens (including phenoxy) is 1. The molecular weight excluding hydrogens is 252 g/mol. The van der Waals surface area contributed by atoms with Gasteiger partial charge in [0, 0.05) is 11.3 Å². The van der Waals surface area contributed by atoms with Crippen molar-refractivity contribution < 1.29 is 14.3 Å². The average Bonchev–Trinajstić information content (AvgIpc) is 2.33. The van der Waals surface area contributed by atoms with E-state index in [2.05, 4.69) is 0 Å². The van der Waals surface area contributed by atoms with Gasteiger partial charge >= 0.3 is 5.63 Å². The van der Waals surface area contributed by atoms with Gasteiger partial charge in [-0.05, 0) is 25.3 Å². The summed E-state index contributed by atoms with van der Waals surface area (Å²) in [5.74, 6) is 1.49. The van der Waals surface area contributed by atoms with E-state index in [9.17, 15) is 9.90 Å². The number of hydrogen-bond acceptors (Lipinski definition) is 5. The van der Waals surface area contributed by atoms with E-state index in [1.54, 1.807) is 30.8 Å². The van der Waals surface area contributed by atoms with Crippen molar-refractivity contribution in [3.05, 3.63) is 34.2 Å². The first-order chi connectivity index (χ1) is 8.63. The molecule has 0 atom stereocenters. The Morgan fingerprint density at radius 2 is 2.22 bits per heavy atom. The van der Waals surface area contributed by atoms with Crippen molar-refractivity contribution in [1.82, 2.24) is 0 Å². The van der Waals surface area contributed by atoms with Crippen LogP contribution in [0, 0.1) is 6.92 Å². The summed E-state index contributed by atoms with van der Waals surface area (Å²) in [6.07, 6.45) is 2.01. The third kappa shape index (κ3) is 2.46. The van der Waals surface area contributed by atoms with Gasteiger partial charge in [0.15, 0.2) is 0 Å². The second kappa shape index (κ2) is 5.35. The van der Waals surface area contributed by atoms with Crippen LogP contribution in [0.25, 0.3) is 11.0 Å². The van der Waals surface area contributed by atoms with Gasteiger partial charge in [-0.2, -0.15) is 11.8 Å². The van der Waals surface area contributed by atoms with Crippen LogP contribution < -0.4 is 10.4 Å². The Kier molecular flexibility index (Phi) is 3.81. The molecule has 18 heavy (non-hydrogen) atoms. The predicted molar refractivity (Wildman–Crippen MR) is 72.8 cm³/mol. The number of hydrogen-bond donors (Lipinski definition) is 1. The van der Waals surface area contributed by atoms with E-state index in [0.29, 0.717) is 23.3 Å². The van der Waals surface area contributed by atoms with Crippen molar-refractivity contribution in [2.24, 2.45) is 0 Å². The molecule has 1 N–H and O–H groups in total. The molecule has 0 aliphatic heterocycles. The van der Waals surface area contributed by atoms with E-state index in [4.69, 9.17) is 9.15 Å². The first-order valence-corrected chi connectivity index (χ1v) is 6.91. The Balaban J connectivity index is 2.46. The minimum Gasteiger partial charge on any atom is -0.507 e. The van der Waals surface area contributed by atoms with Gasteiger partial charge in [-0.3, -0.25) is 0 Å². The standard InChI is InChI=1S/C13H14O4S/c1-8-11(16-5-6-18-2)4-3-9-10(14)7-12(15)17-13(8)9/h3-4,7,14H,5-6H2,1-2H3. The Labute approximate surface area is 109 Å². The van der Waals surface area contributed by atoms with Crippen LogP contribution in [0.5, 0.6) is 11.5 Å². The molecule has 0 fully saturated rings. The molecule has 0 unspecified atom stereocenters. The Morgan fingerprint density at radius 3 is 2.94 bits per heavy atom. The van der Waals surface area contributed by atoms with Crippen molar-refractivity contribution in [3.63, 3.8) is 0 Å². The summed E-state index contributed by atoms with van der Waals surface area (Å²) in [6.45, 7) is 2.40. The van der Waals surface area contributed by atoms with Gasteiger partial charge in [0.2, 0.25) is 0 Å². The summed E-state index contributed by atoms with van der Waals surface area (Å²) < 4.78 is 10.7. The van der Waals surface area contributed by atoms with Crippen LogP contribution in [0.4, 0.5) is 0 Å². The second-order valence-corrected chi connectivity index (χ2v) is 4.84. The van der Waals surface area contributed by atoms with Crippen LogP contribution in [-0.4, -0.2) is 23.7 Å². The maximum Gasteiger partial charge on any atom is 0.339 e. The average molecular weight is 266 g/mol. The Morgan fingerprint density at radius 1 is 1.44 bits per heavy atom. The molecule has 96 valence electrons. The van der Waals surface area contributed by atoms with Crippen molar-refractivity contribution in [1.29, 1.82) is 0 Å². The first kappa shape index (κ1) is 12.8. The highest BCUT2D eigenvalue weighted by molar-refractivity contribution is 7.98. The molecule has 1 aromatic heterocycles. The predicted octanol–water partition coefficient (Wildman–Crippen LogP) is 2.55. The van der Waals surface area contributed by atoms with Gasteiger partial charge in [0.25, 0.3) is 0 Å². The van der Waals surface area contributed by atoms with E-state index >= 15 is 0 Å². The lowest BCUT2D eigenvalue weighted by Crippen LogP contribution is -2.02. The maximum absolute atomic E-state index is 11.3. The molecule has 1 heterocycles. The van der Waals surface area contributed by atoms with Crippen LogP contribution in [0.2, 0.25) is 0 Å². The number of fused-ring (bicyclic) bond motifs is 1. The molecule has 1 aromatic carbocycles. The number of aryl methyl sites for hydroxylation is 1. The normalized spacial score (nSPS) is 10.8. The molecule has 0 radical (unpaired) electrons. The zero-order valence-electron chi connectivity index (χ0n) is 10.2. The molecule has 0 aliphatic carbocycles. The first-order valence-electron chi connectivity index (χ1n) is 5.51. The minimum absolute atomic E-state index is 0.0694. The van der Waals surface area contributed by atoms with Crippen molar-refractivity contribution >= 4 is 22.7 Å². The largest absolute Gasteiger partial charge is 0.507 e. The minimum atomic E-state index is -0.565. The Hall–Kier alpha value is -1.62. The van der Waals surface area contributed by atoms with E-state index in [-0.39, 0.29) is 5.75 Å². The van der Waals surface area contributed by atoms with Crippen LogP contribution in [-0.2, 0) is 0 Å². The van der Waals surface area contributed by atoms with Gasteiger partial charge in [-0.15, -0.1) is 0 Å². The van der Waals surface area contributed by atoms with Gasteiger partial charge in [0.1, 0.15) is 17.1 Å². The van der Waals surface area contributed by atoms with Crippen LogP contribution >= 0.6 is 11.8 Å². The van der Waals surface area contributed by atoms with E-state index < -0.39 is 5.63 Å². The molecule has 0 aliphatic rings. The fourth-order valence-electron chi connectivity index (χ4n) is 1.72. The highest BCUT2D eigenvalue weighted by Gasteiger charge is 2.11. The van der Waals surface area contributed by atoms with E-state index in [0.717, 1.165) is 17.4 Å². The highest BCUT2D eigenvalue weighted by Crippen LogP contribution is 2.30. The van der Waals surface area contributed by atoms with Crippen LogP contribution in [0.15, 0.2) is 27.4 Å². The number of aromatic hydroxyl groups is 1. The van der Waals surface area contributed by atoms with Gasteiger partial charge in [0.05, 0.1) is 18.1 Å². The summed E-state index contributed by atoms with van der Waals surface area (Å²) in [5, 5.41) is 10.2. The highest BCUT2D eigenvalue weighted by atomic mass is 32.2. The molecule has 0 saturated carbocycles. The molecule has 0 spiro atoms. The fourth-order valence-corrected chi connectivity index (χ4v) is 1.97. The molecule has 5 heteroatoms. The Bertz CT molecular complexity index is 618. The molecule has 4 nitrogen and oxygen atoms in total. The molecule has 2 rings (SSSR count). The number of thioether (sulfide) groups is 1. The maximum atomic E-state index is 11.3. The van der Waals surface area contributed by atoms with Gasteiger partial charge < -0.3 is 14.3 Å². The quantitative estimate of drug-likeness (QED) is 0.680. The van der Waals surface area contributed by atoms with Gasteiger partial charge in [-0.1, -0.05) is 0 Å². The smallest absolute Gasteiger partial charge is 0.339 e. The summed E-state index contributed by atoms with van der Waals surface area (Å²) in [7, 11) is 0. The monoisotopic (exact) mass is 266 g/mol. The molecule has 0 saturated heterocycles. The zero-order valence-corrected chi connectivity index (χ0v) is 11.0. The lowest BCUT2D eigenvalue weighted by Gasteiger charge is -2.10. The summed E-state index contributed by atoms with van der Waals surface area (Å²) >= 11 is 1.70. The lowest BCUT2D eigenvalue weighted by molar-refractivity contribution is 0.341. The van der Waals surface area contributed by atoms with Crippen molar-refractivity contribution in [3.8, 4) is 11.5 Å².